The zero-order chi connectivity index (χ0) is 14.4. The van der Waals surface area contributed by atoms with Crippen LogP contribution in [0.1, 0.15) is 5.56 Å². The number of hydrogen-bond donors (Lipinski definition) is 0. The van der Waals surface area contributed by atoms with Gasteiger partial charge < -0.3 is 4.74 Å². The van der Waals surface area contributed by atoms with Crippen LogP contribution in [0.15, 0.2) is 53.0 Å². The van der Waals surface area contributed by atoms with Gasteiger partial charge in [0.2, 0.25) is 0 Å². The van der Waals surface area contributed by atoms with Crippen LogP contribution in [0, 0.1) is 0 Å². The van der Waals surface area contributed by atoms with Gasteiger partial charge in [-0.15, -0.1) is 0 Å². The van der Waals surface area contributed by atoms with Gasteiger partial charge in [0.15, 0.2) is 0 Å². The molecule has 0 bridgehead atoms. The number of anilines is 1. The molecule has 0 aliphatic rings. The number of hydrogen-bond acceptors (Lipinski definition) is 4. The van der Waals surface area contributed by atoms with Gasteiger partial charge in [0.25, 0.3) is 0 Å². The molecule has 0 atom stereocenters. The molecule has 2 aromatic rings. The van der Waals surface area contributed by atoms with E-state index in [1.165, 1.54) is 12.2 Å². The van der Waals surface area contributed by atoms with Gasteiger partial charge in [0.05, 0.1) is 12.8 Å². The smallest absolute Gasteiger partial charge is 0.144 e. The highest BCUT2D eigenvalue weighted by atomic mass is 79.9. The summed E-state index contributed by atoms with van der Waals surface area (Å²) in [6, 6.07) is 16.0. The summed E-state index contributed by atoms with van der Waals surface area (Å²) in [6.07, 6.45) is 0. The molecule has 0 saturated carbocycles. The summed E-state index contributed by atoms with van der Waals surface area (Å²) < 4.78 is 13.9. The molecule has 0 aromatic heterocycles. The zero-order valence-electron chi connectivity index (χ0n) is 11.4. The number of ether oxygens (including phenoxy) is 1. The van der Waals surface area contributed by atoms with E-state index < -0.39 is 0 Å². The van der Waals surface area contributed by atoms with Crippen molar-refractivity contribution in [2.45, 2.75) is 6.61 Å². The topological polar surface area (TPSA) is 21.7 Å². The number of nitrogens with zero attached hydrogens (tertiary/aromatic N) is 1. The van der Waals surface area contributed by atoms with Crippen molar-refractivity contribution in [3.63, 3.8) is 0 Å². The highest BCUT2D eigenvalue weighted by Gasteiger charge is 2.10. The van der Waals surface area contributed by atoms with Crippen molar-refractivity contribution < 1.29 is 8.92 Å². The number of benzene rings is 2. The summed E-state index contributed by atoms with van der Waals surface area (Å²) in [5.41, 5.74) is 2.10. The molecule has 20 heavy (non-hydrogen) atoms. The first-order valence-electron chi connectivity index (χ1n) is 6.11. The lowest BCUT2D eigenvalue weighted by Gasteiger charge is -2.20. The Morgan fingerprint density at radius 1 is 1.15 bits per heavy atom. The van der Waals surface area contributed by atoms with E-state index >= 15 is 0 Å². The SMILES string of the molecule is COSN(C)c1cc(Br)ccc1OCc1ccccc1. The third-order valence-corrected chi connectivity index (χ3v) is 3.75. The molecule has 0 amide bonds. The van der Waals surface area contributed by atoms with Gasteiger partial charge in [-0.1, -0.05) is 46.3 Å². The van der Waals surface area contributed by atoms with E-state index in [2.05, 4.69) is 15.9 Å². The Morgan fingerprint density at radius 2 is 1.90 bits per heavy atom. The highest BCUT2D eigenvalue weighted by Crippen LogP contribution is 2.34. The van der Waals surface area contributed by atoms with Crippen molar-refractivity contribution in [1.82, 2.24) is 0 Å². The number of halogens is 1. The Kier molecular flexibility index (Phi) is 5.76. The Bertz CT molecular complexity index is 551. The molecule has 0 spiro atoms. The lowest BCUT2D eigenvalue weighted by atomic mass is 10.2. The molecular formula is C15H16BrNO2S. The highest BCUT2D eigenvalue weighted by molar-refractivity contribution is 9.10. The molecule has 0 fully saturated rings. The molecule has 0 aliphatic carbocycles. The van der Waals surface area contributed by atoms with Crippen LogP contribution in [0.25, 0.3) is 0 Å². The molecular weight excluding hydrogens is 338 g/mol. The molecule has 0 unspecified atom stereocenters. The Balaban J connectivity index is 2.14. The third kappa shape index (κ3) is 4.16. The van der Waals surface area contributed by atoms with E-state index in [1.807, 2.05) is 59.9 Å². The molecule has 0 aliphatic heterocycles. The van der Waals surface area contributed by atoms with Crippen molar-refractivity contribution in [1.29, 1.82) is 0 Å². The second kappa shape index (κ2) is 7.57. The van der Waals surface area contributed by atoms with Gasteiger partial charge in [-0.25, -0.2) is 0 Å². The maximum atomic E-state index is 5.91. The average Bonchev–Trinajstić information content (AvgIpc) is 2.47. The van der Waals surface area contributed by atoms with Gasteiger partial charge in [-0.3, -0.25) is 8.49 Å². The second-order valence-electron chi connectivity index (χ2n) is 4.12. The van der Waals surface area contributed by atoms with Crippen LogP contribution in [0.3, 0.4) is 0 Å². The predicted octanol–water partition coefficient (Wildman–Crippen LogP) is 4.67. The van der Waals surface area contributed by atoms with E-state index in [0.29, 0.717) is 6.61 Å². The largest absolute Gasteiger partial charge is 0.487 e. The quantitative estimate of drug-likeness (QED) is 0.555. The first-order valence-corrected chi connectivity index (χ1v) is 7.60. The molecule has 0 radical (unpaired) electrons. The Hall–Kier alpha value is -1.17. The molecule has 0 heterocycles. The van der Waals surface area contributed by atoms with Crippen molar-refractivity contribution >= 4 is 33.8 Å². The molecule has 2 aromatic carbocycles. The van der Waals surface area contributed by atoms with Gasteiger partial charge in [-0.05, 0) is 23.8 Å². The van der Waals surface area contributed by atoms with Crippen LogP contribution in [0.2, 0.25) is 0 Å². The lowest BCUT2D eigenvalue weighted by molar-refractivity contribution is 0.307. The first kappa shape index (κ1) is 15.2. The van der Waals surface area contributed by atoms with Crippen molar-refractivity contribution in [2.24, 2.45) is 0 Å². The third-order valence-electron chi connectivity index (χ3n) is 2.68. The fraction of sp³-hybridized carbons (Fsp3) is 0.200. The van der Waals surface area contributed by atoms with Crippen LogP contribution in [0.5, 0.6) is 5.75 Å². The van der Waals surface area contributed by atoms with Crippen LogP contribution in [-0.2, 0) is 10.8 Å². The molecule has 5 heteroatoms. The minimum Gasteiger partial charge on any atom is -0.487 e. The van der Waals surface area contributed by atoms with Gasteiger partial charge in [0, 0.05) is 11.5 Å². The standard InChI is InChI=1S/C15H16BrNO2S/c1-17(20-18-2)14-10-13(16)8-9-15(14)19-11-12-6-4-3-5-7-12/h3-10H,11H2,1-2H3. The summed E-state index contributed by atoms with van der Waals surface area (Å²) >= 11 is 4.74. The summed E-state index contributed by atoms with van der Waals surface area (Å²) in [5, 5.41) is 0. The summed E-state index contributed by atoms with van der Waals surface area (Å²) in [7, 11) is 3.58. The van der Waals surface area contributed by atoms with Crippen LogP contribution < -0.4 is 9.04 Å². The van der Waals surface area contributed by atoms with Crippen LogP contribution in [0.4, 0.5) is 5.69 Å². The second-order valence-corrected chi connectivity index (χ2v) is 6.07. The van der Waals surface area contributed by atoms with E-state index in [9.17, 15) is 0 Å². The molecule has 106 valence electrons. The number of rotatable bonds is 6. The van der Waals surface area contributed by atoms with E-state index in [-0.39, 0.29) is 0 Å². The molecule has 0 N–H and O–H groups in total. The van der Waals surface area contributed by atoms with Crippen molar-refractivity contribution in [2.75, 3.05) is 18.5 Å². The first-order chi connectivity index (χ1) is 9.70. The zero-order valence-corrected chi connectivity index (χ0v) is 13.8. The van der Waals surface area contributed by atoms with Crippen molar-refractivity contribution in [3.05, 3.63) is 58.6 Å². The monoisotopic (exact) mass is 353 g/mol. The molecule has 0 saturated heterocycles. The predicted molar refractivity (Wildman–Crippen MR) is 87.9 cm³/mol. The maximum Gasteiger partial charge on any atom is 0.144 e. The van der Waals surface area contributed by atoms with E-state index in [1.54, 1.807) is 7.11 Å². The Morgan fingerprint density at radius 3 is 2.60 bits per heavy atom. The minimum atomic E-state index is 0.543. The fourth-order valence-electron chi connectivity index (χ4n) is 1.75. The van der Waals surface area contributed by atoms with E-state index in [4.69, 9.17) is 8.92 Å². The molecule has 2 rings (SSSR count). The summed E-state index contributed by atoms with van der Waals surface area (Å²) in [6.45, 7) is 0.543. The normalized spacial score (nSPS) is 10.3. The average molecular weight is 354 g/mol. The van der Waals surface area contributed by atoms with Gasteiger partial charge >= 0.3 is 0 Å². The molecule has 3 nitrogen and oxygen atoms in total. The van der Waals surface area contributed by atoms with Crippen molar-refractivity contribution in [3.8, 4) is 5.75 Å². The maximum absolute atomic E-state index is 5.91. The van der Waals surface area contributed by atoms with Crippen LogP contribution >= 0.6 is 28.2 Å². The summed E-state index contributed by atoms with van der Waals surface area (Å²) in [4.78, 5) is 0. The Labute approximate surface area is 132 Å². The lowest BCUT2D eigenvalue weighted by Crippen LogP contribution is -2.09. The van der Waals surface area contributed by atoms with Gasteiger partial charge in [-0.2, -0.15) is 0 Å². The minimum absolute atomic E-state index is 0.543. The van der Waals surface area contributed by atoms with Gasteiger partial charge in [0.1, 0.15) is 24.6 Å². The summed E-state index contributed by atoms with van der Waals surface area (Å²) in [5.74, 6) is 0.823. The van der Waals surface area contributed by atoms with Crippen LogP contribution in [-0.4, -0.2) is 14.2 Å². The fourth-order valence-corrected chi connectivity index (χ4v) is 2.54. The van der Waals surface area contributed by atoms with E-state index in [0.717, 1.165) is 21.5 Å².